The van der Waals surface area contributed by atoms with E-state index in [2.05, 4.69) is 44.3 Å². The molecular weight excluding hydrogens is 523 g/mol. The molecule has 0 spiro atoms. The van der Waals surface area contributed by atoms with Gasteiger partial charge in [-0.1, -0.05) is 42.2 Å². The van der Waals surface area contributed by atoms with E-state index in [4.69, 9.17) is 16.3 Å². The van der Waals surface area contributed by atoms with Gasteiger partial charge in [-0.05, 0) is 51.7 Å². The Morgan fingerprint density at radius 1 is 1.18 bits per heavy atom. The fourth-order valence-electron chi connectivity index (χ4n) is 3.34. The number of carbonyl (C=O) groups excluding carboxylic acids is 1. The van der Waals surface area contributed by atoms with Crippen molar-refractivity contribution in [1.29, 1.82) is 0 Å². The SMILES string of the molecule is C=CC(=O)Nc1cc(Nc2ncc(Cl)c(Nc3ccccc3P(C)(C)=O)n2)c(OC)cc1C#CCN(C)C. The third-order valence-corrected chi connectivity index (χ3v) is 6.96. The first-order chi connectivity index (χ1) is 18.0. The predicted octanol–water partition coefficient (Wildman–Crippen LogP) is 4.91. The highest BCUT2D eigenvalue weighted by atomic mass is 35.5. The Morgan fingerprint density at radius 2 is 1.92 bits per heavy atom. The van der Waals surface area contributed by atoms with Gasteiger partial charge in [0.2, 0.25) is 11.9 Å². The Hall–Kier alpha value is -3.83. The number of anilines is 5. The topological polar surface area (TPSA) is 108 Å². The number of methoxy groups -OCH3 is 1. The second-order valence-corrected chi connectivity index (χ2v) is 12.4. The van der Waals surface area contributed by atoms with Crippen molar-refractivity contribution in [3.8, 4) is 17.6 Å². The number of halogens is 1. The number of benzene rings is 2. The molecule has 1 heterocycles. The van der Waals surface area contributed by atoms with E-state index in [-0.39, 0.29) is 16.9 Å². The molecule has 0 saturated heterocycles. The molecule has 3 rings (SSSR count). The summed E-state index contributed by atoms with van der Waals surface area (Å²) in [4.78, 5) is 22.8. The van der Waals surface area contributed by atoms with Crippen LogP contribution in [0.1, 0.15) is 5.56 Å². The first-order valence-electron chi connectivity index (χ1n) is 11.5. The lowest BCUT2D eigenvalue weighted by Crippen LogP contribution is -2.12. The normalized spacial score (nSPS) is 10.8. The lowest BCUT2D eigenvalue weighted by atomic mass is 10.1. The maximum Gasteiger partial charge on any atom is 0.247 e. The van der Waals surface area contributed by atoms with E-state index < -0.39 is 7.14 Å². The van der Waals surface area contributed by atoms with Crippen LogP contribution < -0.4 is 26.0 Å². The number of hydrogen-bond donors (Lipinski definition) is 3. The number of rotatable bonds is 9. The van der Waals surface area contributed by atoms with Crippen molar-refractivity contribution in [2.75, 3.05) is 57.0 Å². The van der Waals surface area contributed by atoms with Crippen LogP contribution in [-0.4, -0.2) is 61.9 Å². The summed E-state index contributed by atoms with van der Waals surface area (Å²) in [5, 5.41) is 10.0. The zero-order valence-corrected chi connectivity index (χ0v) is 23.6. The Labute approximate surface area is 228 Å². The van der Waals surface area contributed by atoms with Gasteiger partial charge in [-0.3, -0.25) is 9.69 Å². The average molecular weight is 553 g/mol. The fourth-order valence-corrected chi connectivity index (χ4v) is 4.64. The first-order valence-corrected chi connectivity index (χ1v) is 14.5. The molecule has 0 saturated carbocycles. The molecular formula is C27H30ClN6O3P. The van der Waals surface area contributed by atoms with E-state index in [9.17, 15) is 9.36 Å². The number of para-hydroxylation sites is 1. The molecule has 0 aliphatic heterocycles. The zero-order chi connectivity index (χ0) is 27.9. The van der Waals surface area contributed by atoms with E-state index in [1.165, 1.54) is 19.4 Å². The van der Waals surface area contributed by atoms with Gasteiger partial charge < -0.3 is 25.3 Å². The Bertz CT molecular complexity index is 1460. The highest BCUT2D eigenvalue weighted by Crippen LogP contribution is 2.39. The van der Waals surface area contributed by atoms with Crippen LogP contribution in [-0.2, 0) is 9.36 Å². The van der Waals surface area contributed by atoms with Crippen molar-refractivity contribution in [2.45, 2.75) is 0 Å². The number of hydrogen-bond acceptors (Lipinski definition) is 8. The van der Waals surface area contributed by atoms with Crippen molar-refractivity contribution in [2.24, 2.45) is 0 Å². The Kier molecular flexibility index (Phi) is 9.54. The molecule has 9 nitrogen and oxygen atoms in total. The standard InChI is InChI=1S/C27H30ClN6O3P/c1-7-25(35)30-21-16-22(23(37-4)15-18(21)11-10-14-34(2)3)32-27-29-17-19(28)26(33-27)31-20-12-8-9-13-24(20)38(5,6)36/h7-9,12-13,15-17H,1,14H2,2-6H3,(H,30,35)(H2,29,31,32,33). The van der Waals surface area contributed by atoms with Crippen LogP contribution in [0.5, 0.6) is 5.75 Å². The smallest absolute Gasteiger partial charge is 0.247 e. The predicted molar refractivity (Wildman–Crippen MR) is 156 cm³/mol. The van der Waals surface area contributed by atoms with Crippen molar-refractivity contribution < 1.29 is 14.1 Å². The van der Waals surface area contributed by atoms with Crippen LogP contribution in [0, 0.1) is 11.8 Å². The van der Waals surface area contributed by atoms with Gasteiger partial charge >= 0.3 is 0 Å². The number of nitrogens with one attached hydrogen (secondary N) is 3. The van der Waals surface area contributed by atoms with Gasteiger partial charge in [0, 0.05) is 11.4 Å². The van der Waals surface area contributed by atoms with Gasteiger partial charge in [0.15, 0.2) is 5.82 Å². The van der Waals surface area contributed by atoms with Gasteiger partial charge in [-0.25, -0.2) is 4.98 Å². The molecule has 1 aromatic heterocycles. The highest BCUT2D eigenvalue weighted by molar-refractivity contribution is 7.70. The second-order valence-electron chi connectivity index (χ2n) is 8.84. The van der Waals surface area contributed by atoms with Crippen molar-refractivity contribution in [1.82, 2.24) is 14.9 Å². The van der Waals surface area contributed by atoms with Gasteiger partial charge in [-0.15, -0.1) is 0 Å². The van der Waals surface area contributed by atoms with Crippen LogP contribution in [0.3, 0.4) is 0 Å². The highest BCUT2D eigenvalue weighted by Gasteiger charge is 2.18. The van der Waals surface area contributed by atoms with Gasteiger partial charge in [-0.2, -0.15) is 4.98 Å². The molecule has 0 aliphatic carbocycles. The summed E-state index contributed by atoms with van der Waals surface area (Å²) in [6, 6.07) is 10.7. The Morgan fingerprint density at radius 3 is 2.58 bits per heavy atom. The summed E-state index contributed by atoms with van der Waals surface area (Å²) >= 11 is 6.38. The summed E-state index contributed by atoms with van der Waals surface area (Å²) in [7, 11) is 2.80. The number of carbonyl (C=O) groups is 1. The summed E-state index contributed by atoms with van der Waals surface area (Å²) in [6.45, 7) is 7.46. The summed E-state index contributed by atoms with van der Waals surface area (Å²) in [6.07, 6.45) is 2.63. The van der Waals surface area contributed by atoms with Crippen LogP contribution in [0.4, 0.5) is 28.8 Å². The maximum atomic E-state index is 12.8. The minimum absolute atomic E-state index is 0.219. The van der Waals surface area contributed by atoms with Crippen LogP contribution in [0.2, 0.25) is 5.02 Å². The molecule has 0 aliphatic rings. The molecule has 0 radical (unpaired) electrons. The monoisotopic (exact) mass is 552 g/mol. The second kappa shape index (κ2) is 12.6. The minimum atomic E-state index is -2.56. The summed E-state index contributed by atoms with van der Waals surface area (Å²) in [5.41, 5.74) is 2.17. The van der Waals surface area contributed by atoms with Crippen LogP contribution in [0.15, 0.2) is 55.3 Å². The number of amides is 1. The molecule has 198 valence electrons. The molecule has 3 N–H and O–H groups in total. The van der Waals surface area contributed by atoms with Gasteiger partial charge in [0.05, 0.1) is 42.5 Å². The molecule has 0 fully saturated rings. The number of nitrogens with zero attached hydrogens (tertiary/aromatic N) is 3. The van der Waals surface area contributed by atoms with Crippen LogP contribution in [0.25, 0.3) is 0 Å². The van der Waals surface area contributed by atoms with Crippen molar-refractivity contribution >= 4 is 58.8 Å². The Balaban J connectivity index is 1.99. The van der Waals surface area contributed by atoms with Crippen molar-refractivity contribution in [3.05, 3.63) is 65.8 Å². The van der Waals surface area contributed by atoms with Gasteiger partial charge in [0.1, 0.15) is 17.9 Å². The van der Waals surface area contributed by atoms with E-state index in [0.29, 0.717) is 46.0 Å². The minimum Gasteiger partial charge on any atom is -0.495 e. The zero-order valence-electron chi connectivity index (χ0n) is 21.9. The van der Waals surface area contributed by atoms with Crippen molar-refractivity contribution in [3.63, 3.8) is 0 Å². The maximum absolute atomic E-state index is 12.8. The average Bonchev–Trinajstić information content (AvgIpc) is 2.86. The molecule has 1 amide bonds. The van der Waals surface area contributed by atoms with Gasteiger partial charge in [0.25, 0.3) is 0 Å². The van der Waals surface area contributed by atoms with E-state index >= 15 is 0 Å². The number of aromatic nitrogens is 2. The molecule has 2 aromatic carbocycles. The lowest BCUT2D eigenvalue weighted by molar-refractivity contribution is -0.111. The van der Waals surface area contributed by atoms with E-state index in [1.54, 1.807) is 25.5 Å². The molecule has 3 aromatic rings. The van der Waals surface area contributed by atoms with E-state index in [1.807, 2.05) is 43.3 Å². The quantitative estimate of drug-likeness (QED) is 0.195. The molecule has 38 heavy (non-hydrogen) atoms. The lowest BCUT2D eigenvalue weighted by Gasteiger charge is -2.17. The summed E-state index contributed by atoms with van der Waals surface area (Å²) in [5.74, 6) is 6.76. The third-order valence-electron chi connectivity index (χ3n) is 5.13. The third kappa shape index (κ3) is 7.59. The molecule has 0 bridgehead atoms. The first kappa shape index (κ1) is 28.7. The summed E-state index contributed by atoms with van der Waals surface area (Å²) < 4.78 is 18.3. The fraction of sp³-hybridized carbons (Fsp3) is 0.222. The largest absolute Gasteiger partial charge is 0.495 e. The molecule has 11 heteroatoms. The molecule has 0 unspecified atom stereocenters. The van der Waals surface area contributed by atoms with E-state index in [0.717, 1.165) is 0 Å². The molecule has 0 atom stereocenters. The number of ether oxygens (including phenoxy) is 1. The van der Waals surface area contributed by atoms with Crippen LogP contribution >= 0.6 is 18.7 Å².